The zero-order valence-corrected chi connectivity index (χ0v) is 8.14. The average molecular weight is 199 g/mol. The molecule has 13 heavy (non-hydrogen) atoms. The second-order valence-corrected chi connectivity index (χ2v) is 3.10. The number of nitrogens with zero attached hydrogens (tertiary/aromatic N) is 1. The lowest BCUT2D eigenvalue weighted by Crippen LogP contribution is -2.11. The third kappa shape index (κ3) is 3.42. The molecule has 1 aromatic heterocycles. The second kappa shape index (κ2) is 4.82. The van der Waals surface area contributed by atoms with Crippen molar-refractivity contribution in [3.8, 4) is 0 Å². The summed E-state index contributed by atoms with van der Waals surface area (Å²) in [5, 5.41) is 3.22. The summed E-state index contributed by atoms with van der Waals surface area (Å²) < 4.78 is 0. The molecular formula is C9H11ClN2O. The third-order valence-electron chi connectivity index (χ3n) is 1.47. The van der Waals surface area contributed by atoms with E-state index >= 15 is 0 Å². The lowest BCUT2D eigenvalue weighted by atomic mass is 10.3. The van der Waals surface area contributed by atoms with Gasteiger partial charge in [-0.25, -0.2) is 4.98 Å². The van der Waals surface area contributed by atoms with Gasteiger partial charge < -0.3 is 5.32 Å². The van der Waals surface area contributed by atoms with Gasteiger partial charge in [-0.2, -0.15) is 0 Å². The number of hydrogen-bond acceptors (Lipinski definition) is 2. The van der Waals surface area contributed by atoms with Crippen LogP contribution >= 0.6 is 11.6 Å². The number of amides is 1. The minimum atomic E-state index is -0.0164. The molecule has 0 saturated heterocycles. The van der Waals surface area contributed by atoms with Gasteiger partial charge in [-0.3, -0.25) is 4.79 Å². The maximum absolute atomic E-state index is 11.1. The summed E-state index contributed by atoms with van der Waals surface area (Å²) in [5.41, 5.74) is 0. The first-order valence-electron chi connectivity index (χ1n) is 4.13. The molecular weight excluding hydrogens is 188 g/mol. The number of aromatic nitrogens is 1. The van der Waals surface area contributed by atoms with Crippen LogP contribution in [0.15, 0.2) is 18.3 Å². The van der Waals surface area contributed by atoms with Gasteiger partial charge >= 0.3 is 0 Å². The molecule has 1 N–H and O–H groups in total. The molecule has 0 unspecified atom stereocenters. The van der Waals surface area contributed by atoms with Crippen LogP contribution in [0.25, 0.3) is 0 Å². The number of halogens is 1. The van der Waals surface area contributed by atoms with Gasteiger partial charge in [0, 0.05) is 12.6 Å². The van der Waals surface area contributed by atoms with E-state index in [1.807, 2.05) is 6.92 Å². The molecule has 0 bridgehead atoms. The number of carbonyl (C=O) groups excluding carboxylic acids is 1. The van der Waals surface area contributed by atoms with E-state index in [0.717, 1.165) is 6.42 Å². The quantitative estimate of drug-likeness (QED) is 0.811. The van der Waals surface area contributed by atoms with Crippen LogP contribution < -0.4 is 5.32 Å². The normalized spacial score (nSPS) is 9.69. The van der Waals surface area contributed by atoms with Crippen molar-refractivity contribution in [1.29, 1.82) is 0 Å². The molecule has 0 fully saturated rings. The van der Waals surface area contributed by atoms with Crippen molar-refractivity contribution >= 4 is 23.3 Å². The highest BCUT2D eigenvalue weighted by Gasteiger charge is 2.00. The molecule has 1 aromatic rings. The van der Waals surface area contributed by atoms with Crippen molar-refractivity contribution < 1.29 is 4.79 Å². The van der Waals surface area contributed by atoms with Gasteiger partial charge in [-0.15, -0.1) is 0 Å². The minimum absolute atomic E-state index is 0.0164. The molecule has 1 amide bonds. The van der Waals surface area contributed by atoms with Crippen LogP contribution in [0.5, 0.6) is 0 Å². The number of pyridine rings is 1. The maximum Gasteiger partial charge on any atom is 0.225 e. The van der Waals surface area contributed by atoms with Crippen molar-refractivity contribution in [2.75, 3.05) is 5.32 Å². The predicted molar refractivity (Wildman–Crippen MR) is 52.8 cm³/mol. The molecule has 0 aromatic carbocycles. The zero-order chi connectivity index (χ0) is 9.68. The van der Waals surface area contributed by atoms with Gasteiger partial charge in [0.1, 0.15) is 5.82 Å². The van der Waals surface area contributed by atoms with Crippen molar-refractivity contribution in [2.45, 2.75) is 19.8 Å². The Labute approximate surface area is 82.1 Å². The highest BCUT2D eigenvalue weighted by molar-refractivity contribution is 6.30. The molecule has 4 heteroatoms. The van der Waals surface area contributed by atoms with Crippen LogP contribution in [0.1, 0.15) is 19.8 Å². The first kappa shape index (κ1) is 9.99. The topological polar surface area (TPSA) is 42.0 Å². The van der Waals surface area contributed by atoms with E-state index in [-0.39, 0.29) is 5.91 Å². The van der Waals surface area contributed by atoms with Crippen LogP contribution in [0, 0.1) is 0 Å². The molecule has 0 saturated carbocycles. The average Bonchev–Trinajstić information content (AvgIpc) is 2.09. The smallest absolute Gasteiger partial charge is 0.225 e. The Morgan fingerprint density at radius 3 is 2.92 bits per heavy atom. The lowest BCUT2D eigenvalue weighted by molar-refractivity contribution is -0.116. The second-order valence-electron chi connectivity index (χ2n) is 2.66. The van der Waals surface area contributed by atoms with Crippen LogP contribution in [0.3, 0.4) is 0 Å². The Morgan fingerprint density at radius 1 is 1.62 bits per heavy atom. The van der Waals surface area contributed by atoms with E-state index in [1.165, 1.54) is 6.20 Å². The molecule has 3 nitrogen and oxygen atoms in total. The van der Waals surface area contributed by atoms with Crippen molar-refractivity contribution in [2.24, 2.45) is 0 Å². The Bertz CT molecular complexity index is 284. The van der Waals surface area contributed by atoms with E-state index in [4.69, 9.17) is 11.6 Å². The molecule has 1 heterocycles. The first-order valence-corrected chi connectivity index (χ1v) is 4.51. The van der Waals surface area contributed by atoms with Gasteiger partial charge in [-0.1, -0.05) is 18.5 Å². The zero-order valence-electron chi connectivity index (χ0n) is 7.38. The van der Waals surface area contributed by atoms with Gasteiger partial charge in [-0.05, 0) is 18.6 Å². The number of anilines is 1. The first-order chi connectivity index (χ1) is 6.22. The number of hydrogen-bond donors (Lipinski definition) is 1. The molecule has 1 rings (SSSR count). The SMILES string of the molecule is CCCC(=O)Nc1ccc(Cl)cn1. The van der Waals surface area contributed by atoms with Crippen molar-refractivity contribution in [3.05, 3.63) is 23.4 Å². The molecule has 0 aliphatic heterocycles. The third-order valence-corrected chi connectivity index (χ3v) is 1.70. The summed E-state index contributed by atoms with van der Waals surface area (Å²) in [6.07, 6.45) is 2.85. The number of nitrogens with one attached hydrogen (secondary N) is 1. The van der Waals surface area contributed by atoms with Gasteiger partial charge in [0.05, 0.1) is 5.02 Å². The van der Waals surface area contributed by atoms with Gasteiger partial charge in [0.25, 0.3) is 0 Å². The van der Waals surface area contributed by atoms with Crippen LogP contribution in [0.2, 0.25) is 5.02 Å². The van der Waals surface area contributed by atoms with E-state index in [9.17, 15) is 4.79 Å². The maximum atomic E-state index is 11.1. The molecule has 0 spiro atoms. The molecule has 0 aliphatic rings. The van der Waals surface area contributed by atoms with Crippen LogP contribution in [-0.4, -0.2) is 10.9 Å². The highest BCUT2D eigenvalue weighted by Crippen LogP contribution is 2.09. The van der Waals surface area contributed by atoms with E-state index < -0.39 is 0 Å². The van der Waals surface area contributed by atoms with Crippen molar-refractivity contribution in [1.82, 2.24) is 4.98 Å². The summed E-state index contributed by atoms with van der Waals surface area (Å²) in [4.78, 5) is 15.0. The van der Waals surface area contributed by atoms with E-state index in [2.05, 4.69) is 10.3 Å². The van der Waals surface area contributed by atoms with E-state index in [0.29, 0.717) is 17.3 Å². The van der Waals surface area contributed by atoms with Gasteiger partial charge in [0.15, 0.2) is 0 Å². The summed E-state index contributed by atoms with van der Waals surface area (Å²) >= 11 is 5.63. The van der Waals surface area contributed by atoms with Crippen molar-refractivity contribution in [3.63, 3.8) is 0 Å². The lowest BCUT2D eigenvalue weighted by Gasteiger charge is -2.02. The van der Waals surface area contributed by atoms with E-state index in [1.54, 1.807) is 12.1 Å². The summed E-state index contributed by atoms with van der Waals surface area (Å²) in [6, 6.07) is 3.37. The summed E-state index contributed by atoms with van der Waals surface area (Å²) in [7, 11) is 0. The summed E-state index contributed by atoms with van der Waals surface area (Å²) in [5.74, 6) is 0.528. The fraction of sp³-hybridized carbons (Fsp3) is 0.333. The monoisotopic (exact) mass is 198 g/mol. The van der Waals surface area contributed by atoms with Crippen LogP contribution in [-0.2, 0) is 4.79 Å². The Kier molecular flexibility index (Phi) is 3.71. The summed E-state index contributed by atoms with van der Waals surface area (Å²) in [6.45, 7) is 1.95. The molecule has 70 valence electrons. The highest BCUT2D eigenvalue weighted by atomic mass is 35.5. The largest absolute Gasteiger partial charge is 0.311 e. The van der Waals surface area contributed by atoms with Gasteiger partial charge in [0.2, 0.25) is 5.91 Å². The molecule has 0 aliphatic carbocycles. The fourth-order valence-corrected chi connectivity index (χ4v) is 0.994. The Balaban J connectivity index is 2.54. The number of rotatable bonds is 3. The standard InChI is InChI=1S/C9H11ClN2O/c1-2-3-9(13)12-8-5-4-7(10)6-11-8/h4-6H,2-3H2,1H3,(H,11,12,13). The Hall–Kier alpha value is -1.09. The predicted octanol–water partition coefficient (Wildman–Crippen LogP) is 2.47. The fourth-order valence-electron chi connectivity index (χ4n) is 0.882. The number of carbonyl (C=O) groups is 1. The minimum Gasteiger partial charge on any atom is -0.311 e. The molecule has 0 radical (unpaired) electrons. The Morgan fingerprint density at radius 2 is 2.38 bits per heavy atom. The molecule has 0 atom stereocenters. The van der Waals surface area contributed by atoms with Crippen LogP contribution in [0.4, 0.5) is 5.82 Å².